The van der Waals surface area contributed by atoms with E-state index in [1.54, 1.807) is 0 Å². The molecule has 1 aromatic carbocycles. The van der Waals surface area contributed by atoms with E-state index < -0.39 is 0 Å². The van der Waals surface area contributed by atoms with Crippen LogP contribution in [0.4, 0.5) is 0 Å². The maximum absolute atomic E-state index is 5.39. The SMILES string of the molecule is c1ccc(-c2cc(CC3CCCN3)on2)cc1. The normalized spacial score (nSPS) is 19.6. The number of aromatic nitrogens is 1. The van der Waals surface area contributed by atoms with Gasteiger partial charge in [0.05, 0.1) is 0 Å². The second-order valence-corrected chi connectivity index (χ2v) is 4.54. The Balaban J connectivity index is 1.74. The molecule has 2 heterocycles. The smallest absolute Gasteiger partial charge is 0.138 e. The Hall–Kier alpha value is -1.61. The van der Waals surface area contributed by atoms with Gasteiger partial charge in [-0.2, -0.15) is 0 Å². The number of hydrogen-bond donors (Lipinski definition) is 1. The van der Waals surface area contributed by atoms with Gasteiger partial charge in [0, 0.05) is 24.1 Å². The largest absolute Gasteiger partial charge is 0.361 e. The lowest BCUT2D eigenvalue weighted by molar-refractivity contribution is 0.371. The molecule has 1 atom stereocenters. The van der Waals surface area contributed by atoms with Gasteiger partial charge in [-0.3, -0.25) is 0 Å². The van der Waals surface area contributed by atoms with E-state index in [0.717, 1.165) is 30.0 Å². The number of nitrogens with zero attached hydrogens (tertiary/aromatic N) is 1. The van der Waals surface area contributed by atoms with E-state index in [9.17, 15) is 0 Å². The van der Waals surface area contributed by atoms with Crippen LogP contribution in [0.2, 0.25) is 0 Å². The highest BCUT2D eigenvalue weighted by Crippen LogP contribution is 2.20. The molecule has 17 heavy (non-hydrogen) atoms. The molecule has 1 aliphatic rings. The van der Waals surface area contributed by atoms with E-state index in [0.29, 0.717) is 6.04 Å². The van der Waals surface area contributed by atoms with Gasteiger partial charge in [-0.1, -0.05) is 35.5 Å². The topological polar surface area (TPSA) is 38.1 Å². The third kappa shape index (κ3) is 2.39. The second-order valence-electron chi connectivity index (χ2n) is 4.54. The monoisotopic (exact) mass is 228 g/mol. The van der Waals surface area contributed by atoms with Crippen LogP contribution in [0.25, 0.3) is 11.3 Å². The average molecular weight is 228 g/mol. The standard InChI is InChI=1S/C14H16N2O/c1-2-5-11(6-3-1)14-10-13(17-16-14)9-12-7-4-8-15-12/h1-3,5-6,10,12,15H,4,7-9H2. The fourth-order valence-corrected chi connectivity index (χ4v) is 2.33. The van der Waals surface area contributed by atoms with Crippen molar-refractivity contribution < 1.29 is 4.52 Å². The van der Waals surface area contributed by atoms with Gasteiger partial charge in [0.25, 0.3) is 0 Å². The Morgan fingerprint density at radius 2 is 2.18 bits per heavy atom. The molecule has 88 valence electrons. The number of hydrogen-bond acceptors (Lipinski definition) is 3. The highest BCUT2D eigenvalue weighted by Gasteiger charge is 2.17. The van der Waals surface area contributed by atoms with Crippen LogP contribution in [-0.4, -0.2) is 17.7 Å². The van der Waals surface area contributed by atoms with Crippen LogP contribution in [0.5, 0.6) is 0 Å². The molecule has 1 saturated heterocycles. The molecule has 3 heteroatoms. The van der Waals surface area contributed by atoms with Crippen LogP contribution in [0, 0.1) is 0 Å². The first kappa shape index (κ1) is 10.5. The molecular formula is C14H16N2O. The van der Waals surface area contributed by atoms with Gasteiger partial charge >= 0.3 is 0 Å². The third-order valence-electron chi connectivity index (χ3n) is 3.24. The molecule has 0 amide bonds. The van der Waals surface area contributed by atoms with Crippen molar-refractivity contribution in [1.29, 1.82) is 0 Å². The lowest BCUT2D eigenvalue weighted by atomic mass is 10.1. The molecule has 0 bridgehead atoms. The van der Waals surface area contributed by atoms with Gasteiger partial charge in [-0.05, 0) is 19.4 Å². The lowest BCUT2D eigenvalue weighted by Crippen LogP contribution is -2.23. The van der Waals surface area contributed by atoms with Crippen molar-refractivity contribution in [1.82, 2.24) is 10.5 Å². The molecular weight excluding hydrogens is 212 g/mol. The minimum absolute atomic E-state index is 0.562. The van der Waals surface area contributed by atoms with E-state index in [1.165, 1.54) is 12.8 Å². The van der Waals surface area contributed by atoms with Gasteiger partial charge in [-0.15, -0.1) is 0 Å². The first-order chi connectivity index (χ1) is 8.42. The molecule has 2 aromatic rings. The minimum Gasteiger partial charge on any atom is -0.361 e. The predicted octanol–water partition coefficient (Wildman–Crippen LogP) is 2.64. The zero-order valence-corrected chi connectivity index (χ0v) is 9.73. The van der Waals surface area contributed by atoms with Crippen LogP contribution in [0.15, 0.2) is 40.9 Å². The summed E-state index contributed by atoms with van der Waals surface area (Å²) in [7, 11) is 0. The summed E-state index contributed by atoms with van der Waals surface area (Å²) in [4.78, 5) is 0. The van der Waals surface area contributed by atoms with Crippen LogP contribution in [0.1, 0.15) is 18.6 Å². The molecule has 3 nitrogen and oxygen atoms in total. The van der Waals surface area contributed by atoms with Crippen LogP contribution < -0.4 is 5.32 Å². The van der Waals surface area contributed by atoms with Crippen molar-refractivity contribution in [2.45, 2.75) is 25.3 Å². The van der Waals surface area contributed by atoms with Gasteiger partial charge in [0.15, 0.2) is 0 Å². The number of nitrogens with one attached hydrogen (secondary N) is 1. The van der Waals surface area contributed by atoms with Crippen LogP contribution in [0.3, 0.4) is 0 Å². The van der Waals surface area contributed by atoms with Crippen LogP contribution in [-0.2, 0) is 6.42 Å². The molecule has 0 saturated carbocycles. The fourth-order valence-electron chi connectivity index (χ4n) is 2.33. The van der Waals surface area contributed by atoms with Crippen molar-refractivity contribution in [3.8, 4) is 11.3 Å². The Kier molecular flexibility index (Phi) is 2.92. The zero-order chi connectivity index (χ0) is 11.5. The van der Waals surface area contributed by atoms with Crippen LogP contribution >= 0.6 is 0 Å². The summed E-state index contributed by atoms with van der Waals surface area (Å²) in [6.45, 7) is 1.13. The second kappa shape index (κ2) is 4.72. The molecule has 1 aromatic heterocycles. The zero-order valence-electron chi connectivity index (χ0n) is 9.73. The molecule has 0 aliphatic carbocycles. The molecule has 1 N–H and O–H groups in total. The summed E-state index contributed by atoms with van der Waals surface area (Å²) in [6, 6.07) is 12.8. The Bertz CT molecular complexity index is 472. The predicted molar refractivity (Wildman–Crippen MR) is 66.7 cm³/mol. The lowest BCUT2D eigenvalue weighted by Gasteiger charge is -2.05. The quantitative estimate of drug-likeness (QED) is 0.877. The van der Waals surface area contributed by atoms with E-state index in [2.05, 4.69) is 28.7 Å². The summed E-state index contributed by atoms with van der Waals surface area (Å²) in [5, 5.41) is 7.59. The summed E-state index contributed by atoms with van der Waals surface area (Å²) in [5.74, 6) is 0.975. The maximum atomic E-state index is 5.39. The molecule has 0 spiro atoms. The molecule has 1 unspecified atom stereocenters. The number of rotatable bonds is 3. The molecule has 3 rings (SSSR count). The Labute approximate surface area is 101 Å². The first-order valence-corrected chi connectivity index (χ1v) is 6.16. The van der Waals surface area contributed by atoms with Crippen molar-refractivity contribution >= 4 is 0 Å². The molecule has 0 radical (unpaired) electrons. The van der Waals surface area contributed by atoms with Gasteiger partial charge in [0.1, 0.15) is 11.5 Å². The molecule has 1 aliphatic heterocycles. The highest BCUT2D eigenvalue weighted by molar-refractivity contribution is 5.58. The van der Waals surface area contributed by atoms with E-state index in [-0.39, 0.29) is 0 Å². The van der Waals surface area contributed by atoms with E-state index in [1.807, 2.05) is 18.2 Å². The summed E-state index contributed by atoms with van der Waals surface area (Å²) < 4.78 is 5.39. The van der Waals surface area contributed by atoms with Crippen molar-refractivity contribution in [3.63, 3.8) is 0 Å². The average Bonchev–Trinajstić information content (AvgIpc) is 3.02. The Morgan fingerprint density at radius 1 is 1.29 bits per heavy atom. The third-order valence-corrected chi connectivity index (χ3v) is 3.24. The number of benzene rings is 1. The highest BCUT2D eigenvalue weighted by atomic mass is 16.5. The Morgan fingerprint density at radius 3 is 2.94 bits per heavy atom. The summed E-state index contributed by atoms with van der Waals surface area (Å²) in [6.07, 6.45) is 3.45. The van der Waals surface area contributed by atoms with Gasteiger partial charge in [-0.25, -0.2) is 0 Å². The maximum Gasteiger partial charge on any atom is 0.138 e. The van der Waals surface area contributed by atoms with Gasteiger partial charge < -0.3 is 9.84 Å². The summed E-state index contributed by atoms with van der Waals surface area (Å²) >= 11 is 0. The van der Waals surface area contributed by atoms with Gasteiger partial charge in [0.2, 0.25) is 0 Å². The first-order valence-electron chi connectivity index (χ1n) is 6.16. The minimum atomic E-state index is 0.562. The van der Waals surface area contributed by atoms with E-state index in [4.69, 9.17) is 4.52 Å². The van der Waals surface area contributed by atoms with E-state index >= 15 is 0 Å². The van der Waals surface area contributed by atoms with Crippen molar-refractivity contribution in [3.05, 3.63) is 42.2 Å². The van der Waals surface area contributed by atoms with Crippen molar-refractivity contribution in [2.24, 2.45) is 0 Å². The fraction of sp³-hybridized carbons (Fsp3) is 0.357. The molecule has 1 fully saturated rings. The summed E-state index contributed by atoms with van der Waals surface area (Å²) in [5.41, 5.74) is 2.04. The van der Waals surface area contributed by atoms with Crippen molar-refractivity contribution in [2.75, 3.05) is 6.54 Å².